The lowest BCUT2D eigenvalue weighted by molar-refractivity contribution is 0.233. The zero-order valence-electron chi connectivity index (χ0n) is 11.9. The van der Waals surface area contributed by atoms with E-state index in [4.69, 9.17) is 0 Å². The molecule has 1 aliphatic rings. The molecular formula is C15H26N2S. The van der Waals surface area contributed by atoms with Crippen LogP contribution < -0.4 is 5.32 Å². The average molecular weight is 266 g/mol. The maximum atomic E-state index is 4.43. The second kappa shape index (κ2) is 6.67. The van der Waals surface area contributed by atoms with Crippen LogP contribution in [0.1, 0.15) is 62.6 Å². The van der Waals surface area contributed by atoms with Gasteiger partial charge < -0.3 is 5.32 Å². The molecule has 1 heterocycles. The molecule has 1 N–H and O–H groups in total. The molecule has 0 radical (unpaired) electrons. The van der Waals surface area contributed by atoms with Crippen molar-refractivity contribution >= 4 is 11.3 Å². The Bertz CT molecular complexity index is 353. The molecular weight excluding hydrogens is 240 g/mol. The topological polar surface area (TPSA) is 24.9 Å². The molecule has 1 fully saturated rings. The molecule has 1 atom stereocenters. The summed E-state index contributed by atoms with van der Waals surface area (Å²) in [7, 11) is 0. The van der Waals surface area contributed by atoms with Crippen molar-refractivity contribution in [2.24, 2.45) is 11.8 Å². The van der Waals surface area contributed by atoms with Gasteiger partial charge in [-0.2, -0.15) is 0 Å². The lowest BCUT2D eigenvalue weighted by atomic mass is 9.78. The van der Waals surface area contributed by atoms with E-state index in [0.717, 1.165) is 18.4 Å². The maximum absolute atomic E-state index is 4.43. The highest BCUT2D eigenvalue weighted by atomic mass is 32.1. The Kier molecular flexibility index (Phi) is 5.19. The van der Waals surface area contributed by atoms with Crippen LogP contribution in [0.2, 0.25) is 0 Å². The van der Waals surface area contributed by atoms with Crippen molar-refractivity contribution in [3.63, 3.8) is 0 Å². The second-order valence-corrected chi connectivity index (χ2v) is 6.64. The summed E-state index contributed by atoms with van der Waals surface area (Å²) in [5, 5.41) is 3.77. The lowest BCUT2D eigenvalue weighted by Crippen LogP contribution is -2.31. The second-order valence-electron chi connectivity index (χ2n) is 5.75. The molecule has 1 aliphatic carbocycles. The van der Waals surface area contributed by atoms with E-state index in [0.29, 0.717) is 6.04 Å². The molecule has 102 valence electrons. The summed E-state index contributed by atoms with van der Waals surface area (Å²) in [4.78, 5) is 5.91. The predicted molar refractivity (Wildman–Crippen MR) is 79.0 cm³/mol. The summed E-state index contributed by atoms with van der Waals surface area (Å²) >= 11 is 1.83. The van der Waals surface area contributed by atoms with E-state index >= 15 is 0 Å². The van der Waals surface area contributed by atoms with Gasteiger partial charge in [-0.1, -0.05) is 26.7 Å². The molecule has 1 aromatic heterocycles. The smallest absolute Gasteiger partial charge is 0.0798 e. The van der Waals surface area contributed by atoms with E-state index in [1.54, 1.807) is 0 Å². The first-order valence-electron chi connectivity index (χ1n) is 7.35. The first-order chi connectivity index (χ1) is 8.72. The molecule has 0 bridgehead atoms. The number of nitrogens with zero attached hydrogens (tertiary/aromatic N) is 1. The van der Waals surface area contributed by atoms with Crippen LogP contribution >= 0.6 is 11.3 Å². The molecule has 0 amide bonds. The van der Waals surface area contributed by atoms with Crippen LogP contribution in [0.3, 0.4) is 0 Å². The molecule has 18 heavy (non-hydrogen) atoms. The Morgan fingerprint density at radius 1 is 1.39 bits per heavy atom. The van der Waals surface area contributed by atoms with Crippen LogP contribution in [0, 0.1) is 18.8 Å². The molecule has 0 aliphatic heterocycles. The highest BCUT2D eigenvalue weighted by Gasteiger charge is 2.28. The Balaban J connectivity index is 2.07. The quantitative estimate of drug-likeness (QED) is 0.858. The predicted octanol–water partition coefficient (Wildman–Crippen LogP) is 4.32. The summed E-state index contributed by atoms with van der Waals surface area (Å²) < 4.78 is 0. The molecule has 3 heteroatoms. The fourth-order valence-corrected chi connectivity index (χ4v) is 3.97. The molecule has 0 aromatic carbocycles. The Morgan fingerprint density at radius 3 is 2.67 bits per heavy atom. The zero-order chi connectivity index (χ0) is 13.0. The lowest BCUT2D eigenvalue weighted by Gasteiger charge is -2.33. The van der Waals surface area contributed by atoms with E-state index in [1.807, 2.05) is 16.8 Å². The first-order valence-corrected chi connectivity index (χ1v) is 8.23. The van der Waals surface area contributed by atoms with Gasteiger partial charge in [0.1, 0.15) is 0 Å². The summed E-state index contributed by atoms with van der Waals surface area (Å²) in [6, 6.07) is 0.546. The standard InChI is InChI=1S/C15H26N2S/c1-4-9-16-14(15-12(3)17-10-18-15)13-7-5-11(2)6-8-13/h10-11,13-14,16H,4-9H2,1-3H3. The van der Waals surface area contributed by atoms with Gasteiger partial charge in [0, 0.05) is 10.9 Å². The number of aromatic nitrogens is 1. The van der Waals surface area contributed by atoms with Gasteiger partial charge in [-0.25, -0.2) is 4.98 Å². The van der Waals surface area contributed by atoms with Gasteiger partial charge in [0.2, 0.25) is 0 Å². The Labute approximate surface area is 115 Å². The number of nitrogens with one attached hydrogen (secondary N) is 1. The van der Waals surface area contributed by atoms with E-state index in [-0.39, 0.29) is 0 Å². The number of hydrogen-bond acceptors (Lipinski definition) is 3. The number of thiazole rings is 1. The van der Waals surface area contributed by atoms with Gasteiger partial charge in [-0.05, 0) is 44.6 Å². The van der Waals surface area contributed by atoms with Crippen molar-refractivity contribution in [1.29, 1.82) is 0 Å². The summed E-state index contributed by atoms with van der Waals surface area (Å²) in [5.74, 6) is 1.74. The average Bonchev–Trinajstić information content (AvgIpc) is 2.78. The third-order valence-electron chi connectivity index (χ3n) is 4.21. The van der Waals surface area contributed by atoms with Crippen molar-refractivity contribution in [2.45, 2.75) is 58.9 Å². The molecule has 1 unspecified atom stereocenters. The van der Waals surface area contributed by atoms with Crippen LogP contribution in [-0.2, 0) is 0 Å². The van der Waals surface area contributed by atoms with Gasteiger partial charge in [0.05, 0.1) is 11.2 Å². The third kappa shape index (κ3) is 3.33. The third-order valence-corrected chi connectivity index (χ3v) is 5.23. The summed E-state index contributed by atoms with van der Waals surface area (Å²) in [6.45, 7) is 7.90. The summed E-state index contributed by atoms with van der Waals surface area (Å²) in [6.07, 6.45) is 6.75. The number of rotatable bonds is 5. The van der Waals surface area contributed by atoms with Crippen molar-refractivity contribution in [1.82, 2.24) is 10.3 Å². The van der Waals surface area contributed by atoms with Crippen LogP contribution in [0.15, 0.2) is 5.51 Å². The van der Waals surface area contributed by atoms with Gasteiger partial charge >= 0.3 is 0 Å². The van der Waals surface area contributed by atoms with Crippen molar-refractivity contribution in [3.05, 3.63) is 16.1 Å². The van der Waals surface area contributed by atoms with Crippen LogP contribution in [0.4, 0.5) is 0 Å². The van der Waals surface area contributed by atoms with Gasteiger partial charge in [-0.3, -0.25) is 0 Å². The van der Waals surface area contributed by atoms with Crippen LogP contribution in [0.5, 0.6) is 0 Å². The first kappa shape index (κ1) is 14.0. The van der Waals surface area contributed by atoms with E-state index in [1.165, 1.54) is 42.7 Å². The SMILES string of the molecule is CCCNC(c1scnc1C)C1CCC(C)CC1. The Morgan fingerprint density at radius 2 is 2.11 bits per heavy atom. The monoisotopic (exact) mass is 266 g/mol. The van der Waals surface area contributed by atoms with E-state index < -0.39 is 0 Å². The van der Waals surface area contributed by atoms with Crippen LogP contribution in [0.25, 0.3) is 0 Å². The number of aryl methyl sites for hydroxylation is 1. The van der Waals surface area contributed by atoms with Gasteiger partial charge in [0.15, 0.2) is 0 Å². The highest BCUT2D eigenvalue weighted by molar-refractivity contribution is 7.09. The molecule has 0 spiro atoms. The molecule has 2 rings (SSSR count). The van der Waals surface area contributed by atoms with Gasteiger partial charge in [-0.15, -0.1) is 11.3 Å². The zero-order valence-corrected chi connectivity index (χ0v) is 12.7. The fourth-order valence-electron chi connectivity index (χ4n) is 3.00. The normalized spacial score (nSPS) is 26.2. The largest absolute Gasteiger partial charge is 0.309 e. The minimum atomic E-state index is 0.546. The van der Waals surface area contributed by atoms with E-state index in [2.05, 4.69) is 31.1 Å². The minimum Gasteiger partial charge on any atom is -0.309 e. The Hall–Kier alpha value is -0.410. The molecule has 2 nitrogen and oxygen atoms in total. The van der Waals surface area contributed by atoms with E-state index in [9.17, 15) is 0 Å². The van der Waals surface area contributed by atoms with Gasteiger partial charge in [0.25, 0.3) is 0 Å². The van der Waals surface area contributed by atoms with Crippen molar-refractivity contribution in [2.75, 3.05) is 6.54 Å². The van der Waals surface area contributed by atoms with Crippen LogP contribution in [-0.4, -0.2) is 11.5 Å². The number of hydrogen-bond donors (Lipinski definition) is 1. The molecule has 1 aromatic rings. The van der Waals surface area contributed by atoms with Crippen molar-refractivity contribution < 1.29 is 0 Å². The summed E-state index contributed by atoms with van der Waals surface area (Å²) in [5.41, 5.74) is 3.23. The maximum Gasteiger partial charge on any atom is 0.0798 e. The highest BCUT2D eigenvalue weighted by Crippen LogP contribution is 2.38. The van der Waals surface area contributed by atoms with Crippen molar-refractivity contribution in [3.8, 4) is 0 Å². The minimum absolute atomic E-state index is 0.546. The molecule has 1 saturated carbocycles. The fraction of sp³-hybridized carbons (Fsp3) is 0.800. The molecule has 0 saturated heterocycles.